The minimum atomic E-state index is -0.0689. The lowest BCUT2D eigenvalue weighted by Gasteiger charge is -2.08. The van der Waals surface area contributed by atoms with Crippen molar-refractivity contribution >= 4 is 5.91 Å². The van der Waals surface area contributed by atoms with Gasteiger partial charge in [-0.25, -0.2) is 9.67 Å². The third-order valence-corrected chi connectivity index (χ3v) is 3.73. The first-order valence-electron chi connectivity index (χ1n) is 7.46. The molecule has 0 fully saturated rings. The van der Waals surface area contributed by atoms with Crippen molar-refractivity contribution in [2.75, 3.05) is 0 Å². The standard InChI is InChI=1S/C18H18N4O/c1-14-4-2-3-5-17(14)10-20-18(23)16-8-6-15(7-9-16)11-22-13-19-12-21-22/h2-9,12-13H,10-11H2,1H3,(H,20,23). The SMILES string of the molecule is Cc1ccccc1CNC(=O)c1ccc(Cn2cncn2)cc1. The van der Waals surface area contributed by atoms with Crippen LogP contribution in [0.1, 0.15) is 27.0 Å². The number of amides is 1. The summed E-state index contributed by atoms with van der Waals surface area (Å²) in [6.07, 6.45) is 3.18. The van der Waals surface area contributed by atoms with Gasteiger partial charge in [-0.3, -0.25) is 4.79 Å². The predicted molar refractivity (Wildman–Crippen MR) is 87.9 cm³/mol. The molecule has 1 N–H and O–H groups in total. The highest BCUT2D eigenvalue weighted by atomic mass is 16.1. The molecule has 0 atom stereocenters. The highest BCUT2D eigenvalue weighted by molar-refractivity contribution is 5.94. The summed E-state index contributed by atoms with van der Waals surface area (Å²) in [6, 6.07) is 15.6. The Labute approximate surface area is 135 Å². The lowest BCUT2D eigenvalue weighted by Crippen LogP contribution is -2.23. The molecule has 0 aliphatic heterocycles. The van der Waals surface area contributed by atoms with Gasteiger partial charge in [0.15, 0.2) is 0 Å². The van der Waals surface area contributed by atoms with E-state index in [-0.39, 0.29) is 5.91 Å². The number of nitrogens with zero attached hydrogens (tertiary/aromatic N) is 3. The van der Waals surface area contributed by atoms with Crippen molar-refractivity contribution in [2.24, 2.45) is 0 Å². The van der Waals surface area contributed by atoms with Crippen molar-refractivity contribution in [1.82, 2.24) is 20.1 Å². The Morgan fingerprint density at radius 2 is 1.91 bits per heavy atom. The molecule has 0 saturated carbocycles. The van der Waals surface area contributed by atoms with Crippen LogP contribution in [0.2, 0.25) is 0 Å². The van der Waals surface area contributed by atoms with Gasteiger partial charge in [0.1, 0.15) is 12.7 Å². The maximum atomic E-state index is 12.2. The first kappa shape index (κ1) is 15.0. The maximum Gasteiger partial charge on any atom is 0.251 e. The smallest absolute Gasteiger partial charge is 0.251 e. The van der Waals surface area contributed by atoms with Crippen LogP contribution in [0.3, 0.4) is 0 Å². The van der Waals surface area contributed by atoms with E-state index in [4.69, 9.17) is 0 Å². The number of aromatic nitrogens is 3. The van der Waals surface area contributed by atoms with Gasteiger partial charge in [0.05, 0.1) is 6.54 Å². The number of hydrogen-bond acceptors (Lipinski definition) is 3. The number of hydrogen-bond donors (Lipinski definition) is 1. The Kier molecular flexibility index (Phi) is 4.47. The van der Waals surface area contributed by atoms with Gasteiger partial charge in [0.25, 0.3) is 5.91 Å². The molecule has 0 spiro atoms. The van der Waals surface area contributed by atoms with Crippen LogP contribution in [0.5, 0.6) is 0 Å². The van der Waals surface area contributed by atoms with Crippen LogP contribution in [-0.2, 0) is 13.1 Å². The van der Waals surface area contributed by atoms with Crippen LogP contribution in [0, 0.1) is 6.92 Å². The van der Waals surface area contributed by atoms with Crippen LogP contribution in [0.4, 0.5) is 0 Å². The molecule has 1 heterocycles. The summed E-state index contributed by atoms with van der Waals surface area (Å²) in [5.41, 5.74) is 4.03. The number of nitrogens with one attached hydrogen (secondary N) is 1. The van der Waals surface area contributed by atoms with Gasteiger partial charge in [-0.05, 0) is 35.7 Å². The Hall–Kier alpha value is -2.95. The Bertz CT molecular complexity index is 779. The molecule has 0 aliphatic rings. The lowest BCUT2D eigenvalue weighted by molar-refractivity contribution is 0.0951. The third kappa shape index (κ3) is 3.83. The van der Waals surface area contributed by atoms with Crippen molar-refractivity contribution in [3.63, 3.8) is 0 Å². The molecule has 23 heavy (non-hydrogen) atoms. The molecular weight excluding hydrogens is 288 g/mol. The minimum absolute atomic E-state index is 0.0689. The van der Waals surface area contributed by atoms with Crippen LogP contribution in [0.25, 0.3) is 0 Å². The first-order valence-corrected chi connectivity index (χ1v) is 7.46. The number of rotatable bonds is 5. The van der Waals surface area contributed by atoms with Crippen molar-refractivity contribution < 1.29 is 4.79 Å². The summed E-state index contributed by atoms with van der Waals surface area (Å²) in [4.78, 5) is 16.1. The summed E-state index contributed by atoms with van der Waals surface area (Å²) in [5.74, 6) is -0.0689. The summed E-state index contributed by atoms with van der Waals surface area (Å²) < 4.78 is 1.74. The third-order valence-electron chi connectivity index (χ3n) is 3.73. The Morgan fingerprint density at radius 1 is 1.13 bits per heavy atom. The van der Waals surface area contributed by atoms with Gasteiger partial charge in [0.2, 0.25) is 0 Å². The summed E-state index contributed by atoms with van der Waals surface area (Å²) in [7, 11) is 0. The molecule has 5 nitrogen and oxygen atoms in total. The molecule has 116 valence electrons. The second-order valence-corrected chi connectivity index (χ2v) is 5.40. The molecule has 3 rings (SSSR count). The van der Waals surface area contributed by atoms with Crippen LogP contribution >= 0.6 is 0 Å². The Balaban J connectivity index is 1.60. The Morgan fingerprint density at radius 3 is 2.61 bits per heavy atom. The predicted octanol–water partition coefficient (Wildman–Crippen LogP) is 2.56. The fourth-order valence-corrected chi connectivity index (χ4v) is 2.35. The molecule has 2 aromatic carbocycles. The molecule has 0 unspecified atom stereocenters. The van der Waals surface area contributed by atoms with Gasteiger partial charge in [-0.2, -0.15) is 5.10 Å². The molecule has 1 amide bonds. The van der Waals surface area contributed by atoms with Crippen LogP contribution in [0.15, 0.2) is 61.2 Å². The van der Waals surface area contributed by atoms with Crippen molar-refractivity contribution in [1.29, 1.82) is 0 Å². The van der Waals surface area contributed by atoms with Crippen molar-refractivity contribution in [3.05, 3.63) is 83.4 Å². The highest BCUT2D eigenvalue weighted by Crippen LogP contribution is 2.08. The summed E-state index contributed by atoms with van der Waals surface area (Å²) in [5, 5.41) is 7.02. The molecule has 3 aromatic rings. The van der Waals surface area contributed by atoms with Gasteiger partial charge >= 0.3 is 0 Å². The maximum absolute atomic E-state index is 12.2. The lowest BCUT2D eigenvalue weighted by atomic mass is 10.1. The summed E-state index contributed by atoms with van der Waals surface area (Å²) in [6.45, 7) is 3.22. The second-order valence-electron chi connectivity index (χ2n) is 5.40. The largest absolute Gasteiger partial charge is 0.348 e. The van der Waals surface area contributed by atoms with Gasteiger partial charge in [0, 0.05) is 12.1 Å². The van der Waals surface area contributed by atoms with Gasteiger partial charge in [-0.1, -0.05) is 36.4 Å². The molecular formula is C18H18N4O. The fourth-order valence-electron chi connectivity index (χ4n) is 2.35. The molecule has 1 aromatic heterocycles. The van der Waals surface area contributed by atoms with E-state index in [1.807, 2.05) is 55.5 Å². The zero-order chi connectivity index (χ0) is 16.1. The monoisotopic (exact) mass is 306 g/mol. The zero-order valence-electron chi connectivity index (χ0n) is 12.9. The van der Waals surface area contributed by atoms with E-state index in [1.165, 1.54) is 11.9 Å². The van der Waals surface area contributed by atoms with E-state index in [9.17, 15) is 4.79 Å². The highest BCUT2D eigenvalue weighted by Gasteiger charge is 2.06. The molecule has 5 heteroatoms. The van der Waals surface area contributed by atoms with Crippen molar-refractivity contribution in [2.45, 2.75) is 20.0 Å². The zero-order valence-corrected chi connectivity index (χ0v) is 12.9. The van der Waals surface area contributed by atoms with E-state index in [0.717, 1.165) is 11.1 Å². The quantitative estimate of drug-likeness (QED) is 0.788. The first-order chi connectivity index (χ1) is 11.2. The minimum Gasteiger partial charge on any atom is -0.348 e. The molecule has 0 bridgehead atoms. The molecule has 0 radical (unpaired) electrons. The molecule has 0 aliphatic carbocycles. The van der Waals surface area contributed by atoms with E-state index in [0.29, 0.717) is 18.7 Å². The molecule has 0 saturated heterocycles. The fraction of sp³-hybridized carbons (Fsp3) is 0.167. The average molecular weight is 306 g/mol. The van der Waals surface area contributed by atoms with Gasteiger partial charge < -0.3 is 5.32 Å². The van der Waals surface area contributed by atoms with Gasteiger partial charge in [-0.15, -0.1) is 0 Å². The topological polar surface area (TPSA) is 59.8 Å². The second kappa shape index (κ2) is 6.87. The van der Waals surface area contributed by atoms with Crippen LogP contribution < -0.4 is 5.32 Å². The van der Waals surface area contributed by atoms with E-state index in [2.05, 4.69) is 15.4 Å². The van der Waals surface area contributed by atoms with Crippen LogP contribution in [-0.4, -0.2) is 20.7 Å². The van der Waals surface area contributed by atoms with E-state index >= 15 is 0 Å². The average Bonchev–Trinajstić information content (AvgIpc) is 3.07. The van der Waals surface area contributed by atoms with Crippen molar-refractivity contribution in [3.8, 4) is 0 Å². The van der Waals surface area contributed by atoms with E-state index < -0.39 is 0 Å². The van der Waals surface area contributed by atoms with E-state index in [1.54, 1.807) is 11.0 Å². The number of carbonyl (C=O) groups excluding carboxylic acids is 1. The number of benzene rings is 2. The number of carbonyl (C=O) groups is 1. The summed E-state index contributed by atoms with van der Waals surface area (Å²) >= 11 is 0. The number of aryl methyl sites for hydroxylation is 1. The normalized spacial score (nSPS) is 10.5.